The van der Waals surface area contributed by atoms with E-state index in [0.29, 0.717) is 70.8 Å². The average Bonchev–Trinajstić information content (AvgIpc) is 3.71. The monoisotopic (exact) mass is 858 g/mol. The molecule has 0 spiro atoms. The van der Waals surface area contributed by atoms with Gasteiger partial charge in [-0.05, 0) is 101 Å². The number of Topliss-reactive ketones (excluding diaryl/α,β-unsaturated/α-hetero) is 2. The number of ether oxygens (including phenoxy) is 3. The minimum Gasteiger partial charge on any atom is -0.460 e. The Morgan fingerprint density at radius 1 is 0.869 bits per heavy atom. The van der Waals surface area contributed by atoms with Crippen molar-refractivity contribution < 1.29 is 58.9 Å². The lowest BCUT2D eigenvalue weighted by molar-refractivity contribution is -0.283. The van der Waals surface area contributed by atoms with Crippen LogP contribution >= 0.6 is 0 Å². The summed E-state index contributed by atoms with van der Waals surface area (Å²) in [6, 6.07) is -0.925. The van der Waals surface area contributed by atoms with Gasteiger partial charge in [-0.3, -0.25) is 14.4 Å². The molecule has 0 aromatic rings. The Morgan fingerprint density at radius 2 is 1.59 bits per heavy atom. The molecule has 1 aliphatic carbocycles. The van der Waals surface area contributed by atoms with Gasteiger partial charge in [0.25, 0.3) is 0 Å². The highest BCUT2D eigenvalue weighted by atomic mass is 16.6. The molecular formula is C48H75NO12. The number of hydrogen-bond donors (Lipinski definition) is 5. The largest absolute Gasteiger partial charge is 0.460 e. The molecular weight excluding hydrogens is 783 g/mol. The molecule has 2 saturated heterocycles. The zero-order valence-electron chi connectivity index (χ0n) is 37.8. The number of ketones is 2. The lowest BCUT2D eigenvalue weighted by Crippen LogP contribution is -2.52. The van der Waals surface area contributed by atoms with E-state index in [-0.39, 0.29) is 60.1 Å². The molecule has 4 aliphatic rings. The molecule has 3 aliphatic heterocycles. The minimum atomic E-state index is -1.76. The standard InChI is InChI=1S/C48H75NO12/c1-28-13-10-9-11-14-29(2)41(59-8)25-36-18-16-34(7)48(58,61-36)27-43(53)49-20-12-15-37(49)47(57)60-42(31(4)23-35-17-19-38(50)40(52)24-35)26-39(51)30(3)22-33(6)45(55)46(56)44(54)32(5)21-28/h9-11,13-14,22,28,30-32,34-38,40-42,45-46,50,52,55-56,58H,12,15-21,23-27H2,1-8H3/b11-9+,13-10-,29-14+,33-22-/t28-,30-,31-,32-,34-,35?,36+,37+,38+,40+,41+,42+,45-,46+,48+/m1/s1. The van der Waals surface area contributed by atoms with Gasteiger partial charge < -0.3 is 44.6 Å². The van der Waals surface area contributed by atoms with E-state index in [1.807, 2.05) is 58.1 Å². The molecule has 4 rings (SSSR count). The van der Waals surface area contributed by atoms with Crippen LogP contribution in [0.5, 0.6) is 0 Å². The second kappa shape index (κ2) is 23.1. The van der Waals surface area contributed by atoms with E-state index in [1.165, 1.54) is 11.0 Å². The Morgan fingerprint density at radius 3 is 2.28 bits per heavy atom. The summed E-state index contributed by atoms with van der Waals surface area (Å²) in [5.74, 6) is -5.62. The van der Waals surface area contributed by atoms with Crippen LogP contribution in [0, 0.1) is 35.5 Å². The van der Waals surface area contributed by atoms with Crippen LogP contribution in [-0.2, 0) is 33.4 Å². The van der Waals surface area contributed by atoms with E-state index in [0.717, 1.165) is 5.57 Å². The van der Waals surface area contributed by atoms with E-state index in [4.69, 9.17) is 14.2 Å². The van der Waals surface area contributed by atoms with Gasteiger partial charge in [-0.25, -0.2) is 4.79 Å². The molecule has 1 unspecified atom stereocenters. The van der Waals surface area contributed by atoms with E-state index < -0.39 is 71.8 Å². The van der Waals surface area contributed by atoms with Crippen LogP contribution in [-0.4, -0.2) is 122 Å². The van der Waals surface area contributed by atoms with Gasteiger partial charge in [-0.15, -0.1) is 0 Å². The molecule has 0 aromatic carbocycles. The lowest BCUT2D eigenvalue weighted by Gasteiger charge is -2.43. The summed E-state index contributed by atoms with van der Waals surface area (Å²) in [6.45, 7) is 12.9. The number of carbonyl (C=O) groups excluding carboxylic acids is 4. The summed E-state index contributed by atoms with van der Waals surface area (Å²) in [5.41, 5.74) is 1.20. The lowest BCUT2D eigenvalue weighted by atomic mass is 9.78. The van der Waals surface area contributed by atoms with Crippen LogP contribution in [0.1, 0.15) is 126 Å². The number of aliphatic hydroxyl groups excluding tert-OH is 4. The number of amides is 1. The Balaban J connectivity index is 1.63. The third-order valence-electron chi connectivity index (χ3n) is 13.8. The fraction of sp³-hybridized carbons (Fsp3) is 0.750. The van der Waals surface area contributed by atoms with Gasteiger partial charge in [-0.2, -0.15) is 0 Å². The normalized spacial score (nSPS) is 42.0. The maximum Gasteiger partial charge on any atom is 0.329 e. The maximum atomic E-state index is 14.1. The highest BCUT2D eigenvalue weighted by Gasteiger charge is 2.47. The molecule has 5 N–H and O–H groups in total. The number of fused-ring (bicyclic) bond motifs is 3. The molecule has 2 bridgehead atoms. The Labute approximate surface area is 363 Å². The number of aliphatic hydroxyl groups is 5. The number of hydrogen-bond acceptors (Lipinski definition) is 12. The average molecular weight is 858 g/mol. The van der Waals surface area contributed by atoms with E-state index >= 15 is 0 Å². The molecule has 61 heavy (non-hydrogen) atoms. The van der Waals surface area contributed by atoms with Gasteiger partial charge in [0.05, 0.1) is 30.8 Å². The predicted molar refractivity (Wildman–Crippen MR) is 231 cm³/mol. The molecule has 13 heteroatoms. The van der Waals surface area contributed by atoms with Crippen LogP contribution in [0.15, 0.2) is 47.6 Å². The Hall–Kier alpha value is -3.04. The number of allylic oxidation sites excluding steroid dienone is 6. The summed E-state index contributed by atoms with van der Waals surface area (Å²) >= 11 is 0. The van der Waals surface area contributed by atoms with Crippen molar-refractivity contribution in [2.75, 3.05) is 13.7 Å². The maximum absolute atomic E-state index is 14.1. The second-order valence-electron chi connectivity index (χ2n) is 18.9. The van der Waals surface area contributed by atoms with Crippen molar-refractivity contribution in [1.29, 1.82) is 0 Å². The van der Waals surface area contributed by atoms with Crippen molar-refractivity contribution in [2.24, 2.45) is 35.5 Å². The first kappa shape index (κ1) is 50.6. The van der Waals surface area contributed by atoms with Crippen molar-refractivity contribution >= 4 is 23.4 Å². The zero-order valence-corrected chi connectivity index (χ0v) is 37.8. The smallest absolute Gasteiger partial charge is 0.329 e. The number of cyclic esters (lactones) is 1. The van der Waals surface area contributed by atoms with Gasteiger partial charge in [0.15, 0.2) is 11.6 Å². The van der Waals surface area contributed by atoms with Crippen molar-refractivity contribution in [3.05, 3.63) is 47.6 Å². The first-order valence-electron chi connectivity index (χ1n) is 22.7. The van der Waals surface area contributed by atoms with Crippen molar-refractivity contribution in [1.82, 2.24) is 4.90 Å². The third kappa shape index (κ3) is 14.0. The van der Waals surface area contributed by atoms with Crippen LogP contribution < -0.4 is 0 Å². The minimum absolute atomic E-state index is 0.0119. The van der Waals surface area contributed by atoms with Gasteiger partial charge in [-0.1, -0.05) is 71.1 Å². The molecule has 3 fully saturated rings. The molecule has 0 radical (unpaired) electrons. The number of carbonyl (C=O) groups is 4. The molecule has 344 valence electrons. The van der Waals surface area contributed by atoms with Gasteiger partial charge in [0.2, 0.25) is 5.91 Å². The topological polar surface area (TPSA) is 200 Å². The fourth-order valence-electron chi connectivity index (χ4n) is 9.59. The third-order valence-corrected chi connectivity index (χ3v) is 13.8. The molecule has 3 heterocycles. The molecule has 13 nitrogen and oxygen atoms in total. The van der Waals surface area contributed by atoms with Crippen LogP contribution in [0.25, 0.3) is 0 Å². The molecule has 1 amide bonds. The SMILES string of the molecule is CO[C@H]1C[C@@H]2CC[C@@H](C)[C@](O)(CC(=O)N3CCC[C@H]3C(=O)O[C@H]([C@H](C)CC3CC[C@H](O)[C@@H](O)C3)CC(=O)[C@H](C)/C=C(/C)[C@@H](O)[C@@H](O)C(=O)[C@H](C)C[C@H](C)\C=C/C=C/C=C/1C)O2. The van der Waals surface area contributed by atoms with E-state index in [9.17, 15) is 44.7 Å². The highest BCUT2D eigenvalue weighted by molar-refractivity contribution is 5.87. The van der Waals surface area contributed by atoms with E-state index in [2.05, 4.69) is 0 Å². The van der Waals surface area contributed by atoms with Gasteiger partial charge in [0, 0.05) is 44.2 Å². The number of rotatable bonds is 4. The number of methoxy groups -OCH3 is 1. The van der Waals surface area contributed by atoms with Crippen molar-refractivity contribution in [2.45, 2.75) is 180 Å². The molecule has 0 aromatic heterocycles. The first-order chi connectivity index (χ1) is 28.7. The zero-order chi connectivity index (χ0) is 45.2. The number of nitrogens with zero attached hydrogens (tertiary/aromatic N) is 1. The van der Waals surface area contributed by atoms with Gasteiger partial charge >= 0.3 is 5.97 Å². The van der Waals surface area contributed by atoms with Crippen molar-refractivity contribution in [3.63, 3.8) is 0 Å². The molecule has 15 atom stereocenters. The van der Waals surface area contributed by atoms with Gasteiger partial charge in [0.1, 0.15) is 30.1 Å². The van der Waals surface area contributed by atoms with Crippen LogP contribution in [0.3, 0.4) is 0 Å². The summed E-state index contributed by atoms with van der Waals surface area (Å²) in [4.78, 5) is 56.8. The fourth-order valence-corrected chi connectivity index (χ4v) is 9.59. The first-order valence-corrected chi connectivity index (χ1v) is 22.7. The summed E-state index contributed by atoms with van der Waals surface area (Å²) in [6.07, 6.45) is 9.21. The Kier molecular flexibility index (Phi) is 19.1. The summed E-state index contributed by atoms with van der Waals surface area (Å²) < 4.78 is 18.4. The van der Waals surface area contributed by atoms with Crippen LogP contribution in [0.2, 0.25) is 0 Å². The number of esters is 1. The van der Waals surface area contributed by atoms with Crippen LogP contribution in [0.4, 0.5) is 0 Å². The van der Waals surface area contributed by atoms with E-state index in [1.54, 1.807) is 27.9 Å². The summed E-state index contributed by atoms with van der Waals surface area (Å²) in [5, 5.41) is 54.4. The van der Waals surface area contributed by atoms with Crippen molar-refractivity contribution in [3.8, 4) is 0 Å². The second-order valence-corrected chi connectivity index (χ2v) is 18.9. The Bertz CT molecular complexity index is 1620. The molecule has 1 saturated carbocycles. The quantitative estimate of drug-likeness (QED) is 0.181. The highest BCUT2D eigenvalue weighted by Crippen LogP contribution is 2.39. The predicted octanol–water partition coefficient (Wildman–Crippen LogP) is 5.30. The summed E-state index contributed by atoms with van der Waals surface area (Å²) in [7, 11) is 1.62.